The number of nitrogens with zero attached hydrogens (tertiary/aromatic N) is 1. The summed E-state index contributed by atoms with van der Waals surface area (Å²) in [6.45, 7) is 2.27. The van der Waals surface area contributed by atoms with Crippen molar-refractivity contribution >= 4 is 11.7 Å². The highest BCUT2D eigenvalue weighted by molar-refractivity contribution is 5.89. The Hall–Kier alpha value is -1.06. The minimum Gasteiger partial charge on any atom is -0.466 e. The molecule has 1 fully saturated rings. The van der Waals surface area contributed by atoms with Crippen molar-refractivity contribution in [2.24, 2.45) is 16.9 Å². The van der Waals surface area contributed by atoms with Gasteiger partial charge in [-0.05, 0) is 26.2 Å². The summed E-state index contributed by atoms with van der Waals surface area (Å²) in [5.74, 6) is 5.05. The van der Waals surface area contributed by atoms with Crippen LogP contribution in [0.3, 0.4) is 0 Å². The van der Waals surface area contributed by atoms with Crippen LogP contribution in [0.15, 0.2) is 5.10 Å². The minimum atomic E-state index is -0.108. The summed E-state index contributed by atoms with van der Waals surface area (Å²) in [6.07, 6.45) is 3.49. The summed E-state index contributed by atoms with van der Waals surface area (Å²) in [5.41, 5.74) is 0.935. The van der Waals surface area contributed by atoms with Gasteiger partial charge >= 0.3 is 5.97 Å². The Morgan fingerprint density at radius 2 is 2.54 bits per heavy atom. The first-order chi connectivity index (χ1) is 6.27. The van der Waals surface area contributed by atoms with Gasteiger partial charge in [0.05, 0.1) is 12.5 Å². The second-order valence-corrected chi connectivity index (χ2v) is 3.24. The second kappa shape index (κ2) is 4.84. The van der Waals surface area contributed by atoms with Crippen molar-refractivity contribution in [1.82, 2.24) is 0 Å². The van der Waals surface area contributed by atoms with Gasteiger partial charge in [0.1, 0.15) is 0 Å². The lowest BCUT2D eigenvalue weighted by Gasteiger charge is -2.20. The van der Waals surface area contributed by atoms with Gasteiger partial charge in [-0.3, -0.25) is 4.79 Å². The highest BCUT2D eigenvalue weighted by atomic mass is 16.5. The largest absolute Gasteiger partial charge is 0.466 e. The van der Waals surface area contributed by atoms with Crippen LogP contribution in [-0.4, -0.2) is 18.3 Å². The van der Waals surface area contributed by atoms with Gasteiger partial charge in [0.25, 0.3) is 0 Å². The van der Waals surface area contributed by atoms with Crippen molar-refractivity contribution in [3.8, 4) is 0 Å². The molecule has 0 aliphatic heterocycles. The van der Waals surface area contributed by atoms with Crippen LogP contribution in [0.1, 0.15) is 32.6 Å². The van der Waals surface area contributed by atoms with E-state index >= 15 is 0 Å². The molecule has 13 heavy (non-hydrogen) atoms. The Morgan fingerprint density at radius 3 is 3.15 bits per heavy atom. The van der Waals surface area contributed by atoms with E-state index in [-0.39, 0.29) is 11.9 Å². The summed E-state index contributed by atoms with van der Waals surface area (Å²) >= 11 is 0. The number of ether oxygens (including phenoxy) is 1. The first-order valence-electron chi connectivity index (χ1n) is 4.70. The number of esters is 1. The molecule has 0 aromatic heterocycles. The van der Waals surface area contributed by atoms with Gasteiger partial charge in [0, 0.05) is 12.1 Å². The lowest BCUT2D eigenvalue weighted by Crippen LogP contribution is -2.25. The fraction of sp³-hybridized carbons (Fsp3) is 0.778. The summed E-state index contributed by atoms with van der Waals surface area (Å²) in [7, 11) is 0. The van der Waals surface area contributed by atoms with E-state index in [4.69, 9.17) is 10.6 Å². The van der Waals surface area contributed by atoms with Gasteiger partial charge in [0.2, 0.25) is 0 Å². The van der Waals surface area contributed by atoms with E-state index in [1.807, 2.05) is 6.92 Å². The zero-order valence-corrected chi connectivity index (χ0v) is 7.95. The van der Waals surface area contributed by atoms with Gasteiger partial charge in [0.15, 0.2) is 0 Å². The fourth-order valence-corrected chi connectivity index (χ4v) is 1.62. The first-order valence-corrected chi connectivity index (χ1v) is 4.70. The Kier molecular flexibility index (Phi) is 3.73. The van der Waals surface area contributed by atoms with Crippen molar-refractivity contribution in [3.63, 3.8) is 0 Å². The van der Waals surface area contributed by atoms with Gasteiger partial charge in [-0.2, -0.15) is 5.10 Å². The maximum Gasteiger partial charge on any atom is 0.309 e. The molecule has 0 aromatic carbocycles. The predicted molar refractivity (Wildman–Crippen MR) is 50.2 cm³/mol. The predicted octanol–water partition coefficient (Wildman–Crippen LogP) is 1.05. The van der Waals surface area contributed by atoms with E-state index in [9.17, 15) is 4.79 Å². The van der Waals surface area contributed by atoms with Crippen LogP contribution in [-0.2, 0) is 9.53 Å². The summed E-state index contributed by atoms with van der Waals surface area (Å²) < 4.78 is 4.94. The molecule has 1 saturated carbocycles. The van der Waals surface area contributed by atoms with Crippen LogP contribution in [0.2, 0.25) is 0 Å². The molecule has 0 spiro atoms. The number of carbonyl (C=O) groups is 1. The van der Waals surface area contributed by atoms with Crippen molar-refractivity contribution in [1.29, 1.82) is 0 Å². The van der Waals surface area contributed by atoms with Crippen LogP contribution in [0.5, 0.6) is 0 Å². The number of carbonyl (C=O) groups excluding carboxylic acids is 1. The Labute approximate surface area is 78.1 Å². The molecule has 1 aliphatic carbocycles. The molecule has 0 saturated heterocycles. The number of nitrogens with two attached hydrogens (primary N) is 1. The van der Waals surface area contributed by atoms with Gasteiger partial charge < -0.3 is 10.6 Å². The Bertz CT molecular complexity index is 214. The van der Waals surface area contributed by atoms with E-state index < -0.39 is 0 Å². The van der Waals surface area contributed by atoms with E-state index in [1.165, 1.54) is 0 Å². The van der Waals surface area contributed by atoms with Crippen LogP contribution >= 0.6 is 0 Å². The number of rotatable bonds is 2. The Balaban J connectivity index is 2.46. The third kappa shape index (κ3) is 2.72. The zero-order chi connectivity index (χ0) is 9.68. The van der Waals surface area contributed by atoms with E-state index in [0.29, 0.717) is 13.0 Å². The van der Waals surface area contributed by atoms with Crippen LogP contribution < -0.4 is 5.84 Å². The van der Waals surface area contributed by atoms with Crippen molar-refractivity contribution in [2.45, 2.75) is 32.6 Å². The van der Waals surface area contributed by atoms with Crippen LogP contribution in [0.4, 0.5) is 0 Å². The molecule has 0 heterocycles. The maximum absolute atomic E-state index is 11.3. The molecule has 4 nitrogen and oxygen atoms in total. The van der Waals surface area contributed by atoms with Crippen LogP contribution in [0, 0.1) is 5.92 Å². The number of hydrogen-bond donors (Lipinski definition) is 1. The Morgan fingerprint density at radius 1 is 1.77 bits per heavy atom. The molecular weight excluding hydrogens is 168 g/mol. The molecule has 1 unspecified atom stereocenters. The topological polar surface area (TPSA) is 64.7 Å². The lowest BCUT2D eigenvalue weighted by atomic mass is 9.88. The van der Waals surface area contributed by atoms with Gasteiger partial charge in [-0.15, -0.1) is 0 Å². The average Bonchev–Trinajstić information content (AvgIpc) is 2.18. The SMILES string of the molecule is CCOC(=O)C1CCC/C(=N/N)C1. The lowest BCUT2D eigenvalue weighted by molar-refractivity contribution is -0.148. The highest BCUT2D eigenvalue weighted by Gasteiger charge is 2.25. The molecule has 74 valence electrons. The maximum atomic E-state index is 11.3. The van der Waals surface area contributed by atoms with E-state index in [2.05, 4.69) is 5.10 Å². The highest BCUT2D eigenvalue weighted by Crippen LogP contribution is 2.22. The third-order valence-corrected chi connectivity index (χ3v) is 2.30. The molecule has 0 amide bonds. The molecule has 0 aromatic rings. The molecule has 1 atom stereocenters. The molecule has 2 N–H and O–H groups in total. The third-order valence-electron chi connectivity index (χ3n) is 2.30. The van der Waals surface area contributed by atoms with E-state index in [1.54, 1.807) is 0 Å². The monoisotopic (exact) mass is 184 g/mol. The normalized spacial score (nSPS) is 25.9. The molecular formula is C9H16N2O2. The fourth-order valence-electron chi connectivity index (χ4n) is 1.62. The van der Waals surface area contributed by atoms with Crippen molar-refractivity contribution in [2.75, 3.05) is 6.61 Å². The number of hydrazone groups is 1. The van der Waals surface area contributed by atoms with Crippen molar-refractivity contribution < 1.29 is 9.53 Å². The zero-order valence-electron chi connectivity index (χ0n) is 7.95. The van der Waals surface area contributed by atoms with Gasteiger partial charge in [-0.1, -0.05) is 0 Å². The summed E-state index contributed by atoms with van der Waals surface area (Å²) in [6, 6.07) is 0. The molecule has 0 bridgehead atoms. The summed E-state index contributed by atoms with van der Waals surface area (Å²) in [4.78, 5) is 11.3. The number of hydrogen-bond acceptors (Lipinski definition) is 4. The molecule has 0 radical (unpaired) electrons. The van der Waals surface area contributed by atoms with E-state index in [0.717, 1.165) is 25.0 Å². The quantitative estimate of drug-likeness (QED) is 0.396. The van der Waals surface area contributed by atoms with Crippen LogP contribution in [0.25, 0.3) is 0 Å². The first kappa shape index (κ1) is 10.0. The second-order valence-electron chi connectivity index (χ2n) is 3.24. The molecule has 1 rings (SSSR count). The molecule has 4 heteroatoms. The molecule has 1 aliphatic rings. The average molecular weight is 184 g/mol. The standard InChI is InChI=1S/C9H16N2O2/c1-2-13-9(12)7-4-3-5-8(6-7)11-10/h7H,2-6,10H2,1H3/b11-8-. The summed E-state index contributed by atoms with van der Waals surface area (Å²) in [5, 5.41) is 3.65. The smallest absolute Gasteiger partial charge is 0.309 e. The van der Waals surface area contributed by atoms with Crippen molar-refractivity contribution in [3.05, 3.63) is 0 Å². The minimum absolute atomic E-state index is 0.0176. The van der Waals surface area contributed by atoms with Gasteiger partial charge in [-0.25, -0.2) is 0 Å².